The molecule has 204 valence electrons. The van der Waals surface area contributed by atoms with Gasteiger partial charge in [0, 0.05) is 41.9 Å². The number of phenols is 1. The number of aromatic nitrogens is 1. The number of halogens is 4. The second-order valence-corrected chi connectivity index (χ2v) is 11.1. The number of alkyl halides is 3. The van der Waals surface area contributed by atoms with E-state index in [1.54, 1.807) is 6.07 Å². The Balaban J connectivity index is 1.30. The Morgan fingerprint density at radius 3 is 2.64 bits per heavy atom. The molecule has 0 bridgehead atoms. The minimum Gasteiger partial charge on any atom is -0.507 e. The Labute approximate surface area is 220 Å². The SMILES string of the molecule is O=C(CCc1cc(-c2ccc(C(F)(F)F)cc2O)ccn1)[C@@H]1CCCN1S(=O)(=O)c1cc2cc(F)ccc2o1. The monoisotopic (exact) mass is 562 g/mol. The number of benzene rings is 2. The van der Waals surface area contributed by atoms with E-state index in [1.165, 1.54) is 24.4 Å². The number of Topliss-reactive ketones (excluding diaryl/α,β-unsaturated/α-hetero) is 1. The molecular weight excluding hydrogens is 540 g/mol. The van der Waals surface area contributed by atoms with E-state index in [4.69, 9.17) is 4.42 Å². The van der Waals surface area contributed by atoms with Crippen LogP contribution in [0.1, 0.15) is 30.5 Å². The fraction of sp³-hybridized carbons (Fsp3) is 0.259. The molecule has 1 aliphatic rings. The Morgan fingerprint density at radius 2 is 1.90 bits per heavy atom. The zero-order chi connectivity index (χ0) is 27.9. The van der Waals surface area contributed by atoms with Crippen molar-refractivity contribution in [3.05, 3.63) is 77.9 Å². The Kier molecular flexibility index (Phi) is 6.93. The van der Waals surface area contributed by atoms with Crippen LogP contribution in [0.3, 0.4) is 0 Å². The maximum Gasteiger partial charge on any atom is 0.416 e. The van der Waals surface area contributed by atoms with Gasteiger partial charge in [0.15, 0.2) is 5.78 Å². The molecule has 0 aliphatic carbocycles. The van der Waals surface area contributed by atoms with Gasteiger partial charge in [0.1, 0.15) is 17.1 Å². The Bertz CT molecular complexity index is 1670. The first-order chi connectivity index (χ1) is 18.4. The number of furan rings is 1. The van der Waals surface area contributed by atoms with Gasteiger partial charge in [-0.1, -0.05) is 6.07 Å². The molecule has 1 aliphatic heterocycles. The van der Waals surface area contributed by atoms with E-state index in [9.17, 15) is 35.9 Å². The zero-order valence-electron chi connectivity index (χ0n) is 20.3. The molecule has 1 saturated heterocycles. The lowest BCUT2D eigenvalue weighted by molar-refractivity contribution is -0.137. The number of carbonyl (C=O) groups is 1. The van der Waals surface area contributed by atoms with Crippen molar-refractivity contribution in [2.24, 2.45) is 0 Å². The van der Waals surface area contributed by atoms with Gasteiger partial charge < -0.3 is 9.52 Å². The fourth-order valence-corrected chi connectivity index (χ4v) is 6.36. The van der Waals surface area contributed by atoms with Crippen LogP contribution in [0.5, 0.6) is 5.75 Å². The Hall–Kier alpha value is -3.77. The molecule has 39 heavy (non-hydrogen) atoms. The minimum absolute atomic E-state index is 0.0303. The maximum atomic E-state index is 13.5. The van der Waals surface area contributed by atoms with E-state index in [2.05, 4.69) is 4.98 Å². The van der Waals surface area contributed by atoms with E-state index in [1.807, 2.05) is 0 Å². The number of hydrogen-bond acceptors (Lipinski definition) is 6. The van der Waals surface area contributed by atoms with Gasteiger partial charge in [-0.2, -0.15) is 17.5 Å². The molecule has 2 aromatic heterocycles. The lowest BCUT2D eigenvalue weighted by atomic mass is 10.0. The van der Waals surface area contributed by atoms with Gasteiger partial charge in [-0.3, -0.25) is 9.78 Å². The molecule has 5 rings (SSSR count). The highest BCUT2D eigenvalue weighted by Gasteiger charge is 2.40. The number of aromatic hydroxyl groups is 1. The van der Waals surface area contributed by atoms with Crippen molar-refractivity contribution >= 4 is 26.8 Å². The smallest absolute Gasteiger partial charge is 0.416 e. The quantitative estimate of drug-likeness (QED) is 0.290. The minimum atomic E-state index is -4.59. The molecule has 1 fully saturated rings. The van der Waals surface area contributed by atoms with Crippen LogP contribution in [0, 0.1) is 5.82 Å². The maximum absolute atomic E-state index is 13.5. The molecule has 1 atom stereocenters. The second kappa shape index (κ2) is 10.1. The number of hydrogen-bond donors (Lipinski definition) is 1. The summed E-state index contributed by atoms with van der Waals surface area (Å²) in [6, 6.07) is 9.76. The summed E-state index contributed by atoms with van der Waals surface area (Å²) in [4.78, 5) is 17.3. The van der Waals surface area contributed by atoms with Crippen LogP contribution in [0.2, 0.25) is 0 Å². The number of aryl methyl sites for hydroxylation is 1. The van der Waals surface area contributed by atoms with Crippen LogP contribution >= 0.6 is 0 Å². The highest BCUT2D eigenvalue weighted by molar-refractivity contribution is 7.89. The lowest BCUT2D eigenvalue weighted by Crippen LogP contribution is -2.40. The summed E-state index contributed by atoms with van der Waals surface area (Å²) in [6.45, 7) is 0.130. The van der Waals surface area contributed by atoms with Gasteiger partial charge in [0.2, 0.25) is 5.09 Å². The predicted octanol–water partition coefficient (Wildman–Crippen LogP) is 5.71. The topological polar surface area (TPSA) is 101 Å². The number of carbonyl (C=O) groups excluding carboxylic acids is 1. The summed E-state index contributed by atoms with van der Waals surface area (Å²) < 4.78 is 85.4. The van der Waals surface area contributed by atoms with Gasteiger partial charge in [0.25, 0.3) is 10.0 Å². The predicted molar refractivity (Wildman–Crippen MR) is 133 cm³/mol. The van der Waals surface area contributed by atoms with Crippen molar-refractivity contribution in [2.45, 2.75) is 43.0 Å². The van der Waals surface area contributed by atoms with Crippen molar-refractivity contribution in [2.75, 3.05) is 6.54 Å². The molecule has 4 aromatic rings. The van der Waals surface area contributed by atoms with E-state index < -0.39 is 39.4 Å². The number of phenolic OH excluding ortho intramolecular Hbond substituents is 1. The largest absolute Gasteiger partial charge is 0.507 e. The van der Waals surface area contributed by atoms with Gasteiger partial charge in [-0.05, 0) is 67.3 Å². The van der Waals surface area contributed by atoms with Crippen LogP contribution in [0.15, 0.2) is 70.3 Å². The highest BCUT2D eigenvalue weighted by Crippen LogP contribution is 2.37. The summed E-state index contributed by atoms with van der Waals surface area (Å²) in [5.74, 6) is -1.39. The molecule has 0 radical (unpaired) electrons. The number of fused-ring (bicyclic) bond motifs is 1. The normalized spacial score (nSPS) is 16.7. The summed E-state index contributed by atoms with van der Waals surface area (Å²) >= 11 is 0. The van der Waals surface area contributed by atoms with E-state index in [0.29, 0.717) is 35.6 Å². The summed E-state index contributed by atoms with van der Waals surface area (Å²) in [5.41, 5.74) is 0.283. The molecule has 0 spiro atoms. The zero-order valence-corrected chi connectivity index (χ0v) is 21.1. The highest BCUT2D eigenvalue weighted by atomic mass is 32.2. The summed E-state index contributed by atoms with van der Waals surface area (Å²) in [6.07, 6.45) is -2.24. The molecule has 0 amide bonds. The van der Waals surface area contributed by atoms with Gasteiger partial charge >= 0.3 is 6.18 Å². The molecule has 12 heteroatoms. The molecule has 2 aromatic carbocycles. The number of sulfonamides is 1. The average molecular weight is 563 g/mol. The van der Waals surface area contributed by atoms with Gasteiger partial charge in [-0.15, -0.1) is 0 Å². The number of rotatable bonds is 7. The first-order valence-electron chi connectivity index (χ1n) is 12.0. The van der Waals surface area contributed by atoms with Gasteiger partial charge in [-0.25, -0.2) is 12.8 Å². The second-order valence-electron chi connectivity index (χ2n) is 9.25. The standard InChI is InChI=1S/C27H22F4N2O5S/c28-19-4-8-25-17(12-19)14-26(38-25)39(36,37)33-11-1-2-22(33)23(34)7-5-20-13-16(9-10-32-20)21-6-3-18(15-24(21)35)27(29,30)31/h3-4,6,8-10,12-15,22,35H,1-2,5,7,11H2/t22-/m0/s1. The summed E-state index contributed by atoms with van der Waals surface area (Å²) in [7, 11) is -4.15. The van der Waals surface area contributed by atoms with Crippen LogP contribution in [0.4, 0.5) is 17.6 Å². The fourth-order valence-electron chi connectivity index (χ4n) is 4.73. The van der Waals surface area contributed by atoms with Crippen LogP contribution in [-0.2, 0) is 27.4 Å². The van der Waals surface area contributed by atoms with E-state index in [0.717, 1.165) is 28.6 Å². The lowest BCUT2D eigenvalue weighted by Gasteiger charge is -2.21. The van der Waals surface area contributed by atoms with Gasteiger partial charge in [0.05, 0.1) is 11.6 Å². The third-order valence-corrected chi connectivity index (χ3v) is 8.44. The number of pyridine rings is 1. The third kappa shape index (κ3) is 5.39. The molecular formula is C27H22F4N2O5S. The molecule has 0 unspecified atom stereocenters. The number of nitrogens with zero attached hydrogens (tertiary/aromatic N) is 2. The third-order valence-electron chi connectivity index (χ3n) is 6.67. The Morgan fingerprint density at radius 1 is 1.10 bits per heavy atom. The summed E-state index contributed by atoms with van der Waals surface area (Å²) in [5, 5.41) is 10.1. The first kappa shape index (κ1) is 26.8. The van der Waals surface area contributed by atoms with Crippen molar-refractivity contribution < 1.29 is 40.3 Å². The molecule has 0 saturated carbocycles. The molecule has 1 N–H and O–H groups in total. The van der Waals surface area contributed by atoms with Crippen molar-refractivity contribution in [3.63, 3.8) is 0 Å². The molecule has 3 heterocycles. The average Bonchev–Trinajstić information content (AvgIpc) is 3.55. The van der Waals surface area contributed by atoms with Crippen LogP contribution in [0.25, 0.3) is 22.1 Å². The van der Waals surface area contributed by atoms with Crippen molar-refractivity contribution in [1.29, 1.82) is 0 Å². The number of ketones is 1. The van der Waals surface area contributed by atoms with Crippen molar-refractivity contribution in [3.8, 4) is 16.9 Å². The molecule has 7 nitrogen and oxygen atoms in total. The first-order valence-corrected chi connectivity index (χ1v) is 13.5. The van der Waals surface area contributed by atoms with Crippen molar-refractivity contribution in [1.82, 2.24) is 9.29 Å². The van der Waals surface area contributed by atoms with E-state index in [-0.39, 0.29) is 41.4 Å². The van der Waals surface area contributed by atoms with Crippen LogP contribution in [-0.4, -0.2) is 41.2 Å². The van der Waals surface area contributed by atoms with Crippen LogP contribution < -0.4 is 0 Å². The van der Waals surface area contributed by atoms with E-state index >= 15 is 0 Å².